The van der Waals surface area contributed by atoms with E-state index in [0.29, 0.717) is 13.2 Å². The molecule has 0 aliphatic carbocycles. The van der Waals surface area contributed by atoms with Crippen LogP contribution in [0.15, 0.2) is 24.3 Å². The zero-order valence-corrected chi connectivity index (χ0v) is 12.6. The first-order valence-corrected chi connectivity index (χ1v) is 7.14. The fraction of sp³-hybridized carbons (Fsp3) is 0.500. The van der Waals surface area contributed by atoms with Gasteiger partial charge in [-0.15, -0.1) is 0 Å². The Morgan fingerprint density at radius 3 is 1.57 bits per heavy atom. The van der Waals surface area contributed by atoms with Gasteiger partial charge in [-0.1, -0.05) is 38.8 Å². The standard InChI is InChI=1S/C16H22O4.N/c1-3-5-11-19-15(17)13-9-7-8-10-14(13)16(18)20-12-6-4-2;/h7-10H,3-6,11-12H2,1-2H3;. The number of hydrogen-bond acceptors (Lipinski definition) is 4. The van der Waals surface area contributed by atoms with Gasteiger partial charge in [-0.05, 0) is 25.0 Å². The van der Waals surface area contributed by atoms with Crippen molar-refractivity contribution < 1.29 is 19.1 Å². The molecule has 0 bridgehead atoms. The number of carbonyl (C=O) groups is 2. The normalized spacial score (nSPS) is 9.62. The molecule has 0 saturated carbocycles. The first-order valence-electron chi connectivity index (χ1n) is 7.14. The Labute approximate surface area is 126 Å². The van der Waals surface area contributed by atoms with Gasteiger partial charge < -0.3 is 9.47 Å². The van der Waals surface area contributed by atoms with Crippen LogP contribution in [0.2, 0.25) is 0 Å². The zero-order valence-electron chi connectivity index (χ0n) is 12.6. The molecule has 0 amide bonds. The summed E-state index contributed by atoms with van der Waals surface area (Å²) >= 11 is 0. The Hall–Kier alpha value is -1.88. The number of ether oxygens (including phenoxy) is 2. The van der Waals surface area contributed by atoms with E-state index in [-0.39, 0.29) is 17.3 Å². The smallest absolute Gasteiger partial charge is 0.339 e. The van der Waals surface area contributed by atoms with Crippen molar-refractivity contribution in [3.8, 4) is 0 Å². The van der Waals surface area contributed by atoms with Crippen LogP contribution in [0.3, 0.4) is 0 Å². The SMILES string of the molecule is CCCCOC(=O)c1ccccc1C(=O)OCCCC.[N]. The third-order valence-corrected chi connectivity index (χ3v) is 2.83. The van der Waals surface area contributed by atoms with Gasteiger partial charge in [-0.25, -0.2) is 9.59 Å². The molecule has 0 atom stereocenters. The van der Waals surface area contributed by atoms with Crippen molar-refractivity contribution >= 4 is 11.9 Å². The quantitative estimate of drug-likeness (QED) is 0.544. The summed E-state index contributed by atoms with van der Waals surface area (Å²) in [5.74, 6) is -0.942. The Bertz CT molecular complexity index is 405. The lowest BCUT2D eigenvalue weighted by atomic mass is 10.1. The van der Waals surface area contributed by atoms with Crippen LogP contribution >= 0.6 is 0 Å². The van der Waals surface area contributed by atoms with Crippen LogP contribution in [0.1, 0.15) is 60.2 Å². The molecule has 0 spiro atoms. The summed E-state index contributed by atoms with van der Waals surface area (Å²) in [5, 5.41) is 0. The van der Waals surface area contributed by atoms with E-state index in [1.54, 1.807) is 24.3 Å². The number of unbranched alkanes of at least 4 members (excludes halogenated alkanes) is 2. The van der Waals surface area contributed by atoms with Crippen molar-refractivity contribution in [2.45, 2.75) is 39.5 Å². The van der Waals surface area contributed by atoms with Crippen LogP contribution in [0.4, 0.5) is 0 Å². The minimum atomic E-state index is -0.471. The highest BCUT2D eigenvalue weighted by Gasteiger charge is 2.18. The highest BCUT2D eigenvalue weighted by Crippen LogP contribution is 2.12. The van der Waals surface area contributed by atoms with Crippen LogP contribution in [-0.4, -0.2) is 25.2 Å². The molecular weight excluding hydrogens is 270 g/mol. The van der Waals surface area contributed by atoms with Crippen LogP contribution in [0, 0.1) is 0 Å². The maximum atomic E-state index is 11.9. The second-order valence-electron chi connectivity index (χ2n) is 4.52. The lowest BCUT2D eigenvalue weighted by Gasteiger charge is -2.09. The minimum Gasteiger partial charge on any atom is -0.462 e. The van der Waals surface area contributed by atoms with Gasteiger partial charge in [0.25, 0.3) is 0 Å². The minimum absolute atomic E-state index is 0. The molecule has 1 aromatic carbocycles. The van der Waals surface area contributed by atoms with E-state index in [1.807, 2.05) is 13.8 Å². The van der Waals surface area contributed by atoms with Gasteiger partial charge in [-0.2, -0.15) is 0 Å². The Kier molecular flexibility index (Phi) is 9.88. The van der Waals surface area contributed by atoms with Gasteiger partial charge in [0.1, 0.15) is 0 Å². The van der Waals surface area contributed by atoms with E-state index >= 15 is 0 Å². The number of rotatable bonds is 8. The highest BCUT2D eigenvalue weighted by molar-refractivity contribution is 6.03. The fourth-order valence-electron chi connectivity index (χ4n) is 1.61. The maximum absolute atomic E-state index is 11.9. The Morgan fingerprint density at radius 2 is 1.24 bits per heavy atom. The summed E-state index contributed by atoms with van der Waals surface area (Å²) in [5.41, 5.74) is 0.537. The molecule has 115 valence electrons. The van der Waals surface area contributed by atoms with Crippen molar-refractivity contribution in [2.75, 3.05) is 13.2 Å². The average molecular weight is 292 g/mol. The molecule has 0 N–H and O–H groups in total. The van der Waals surface area contributed by atoms with Crippen LogP contribution in [0.5, 0.6) is 0 Å². The topological polar surface area (TPSA) is 83.1 Å². The molecule has 0 unspecified atom stereocenters. The zero-order chi connectivity index (χ0) is 14.8. The van der Waals surface area contributed by atoms with Crippen molar-refractivity contribution in [2.24, 2.45) is 0 Å². The summed E-state index contributed by atoms with van der Waals surface area (Å²) in [7, 11) is 0. The molecule has 0 saturated heterocycles. The molecule has 0 fully saturated rings. The molecule has 21 heavy (non-hydrogen) atoms. The monoisotopic (exact) mass is 292 g/mol. The van der Waals surface area contributed by atoms with Gasteiger partial charge in [-0.3, -0.25) is 0 Å². The van der Waals surface area contributed by atoms with Gasteiger partial charge >= 0.3 is 11.9 Å². The molecular formula is C16H22NO4. The van der Waals surface area contributed by atoms with Crippen molar-refractivity contribution in [3.05, 3.63) is 35.4 Å². The molecule has 5 nitrogen and oxygen atoms in total. The van der Waals surface area contributed by atoms with Crippen molar-refractivity contribution in [1.82, 2.24) is 6.15 Å². The molecule has 0 aromatic heterocycles. The number of nitrogens with zero attached hydrogens (tertiary/aromatic N) is 1. The molecule has 0 aliphatic rings. The third-order valence-electron chi connectivity index (χ3n) is 2.83. The molecule has 5 heteroatoms. The summed E-state index contributed by atoms with van der Waals surface area (Å²) < 4.78 is 10.3. The van der Waals surface area contributed by atoms with Gasteiger partial charge in [0.05, 0.1) is 24.3 Å². The molecule has 3 radical (unpaired) electrons. The van der Waals surface area contributed by atoms with Crippen LogP contribution < -0.4 is 6.15 Å². The van der Waals surface area contributed by atoms with E-state index in [1.165, 1.54) is 0 Å². The molecule has 0 heterocycles. The highest BCUT2D eigenvalue weighted by atomic mass is 16.5. The van der Waals surface area contributed by atoms with E-state index in [4.69, 9.17) is 9.47 Å². The summed E-state index contributed by atoms with van der Waals surface area (Å²) in [4.78, 5) is 23.9. The van der Waals surface area contributed by atoms with E-state index in [2.05, 4.69) is 0 Å². The second kappa shape index (κ2) is 10.9. The fourth-order valence-corrected chi connectivity index (χ4v) is 1.61. The van der Waals surface area contributed by atoms with Crippen molar-refractivity contribution in [3.63, 3.8) is 0 Å². The van der Waals surface area contributed by atoms with Gasteiger partial charge in [0.15, 0.2) is 0 Å². The summed E-state index contributed by atoms with van der Waals surface area (Å²) in [6, 6.07) is 6.59. The first-order chi connectivity index (χ1) is 9.70. The number of hydrogen-bond donors (Lipinski definition) is 0. The Balaban J connectivity index is 0.00000400. The van der Waals surface area contributed by atoms with Crippen molar-refractivity contribution in [1.29, 1.82) is 0 Å². The number of benzene rings is 1. The molecule has 0 aliphatic heterocycles. The summed E-state index contributed by atoms with van der Waals surface area (Å²) in [6.45, 7) is 4.78. The molecule has 1 aromatic rings. The summed E-state index contributed by atoms with van der Waals surface area (Å²) in [6.07, 6.45) is 3.53. The largest absolute Gasteiger partial charge is 0.462 e. The molecule has 1 rings (SSSR count). The predicted molar refractivity (Wildman–Crippen MR) is 79.0 cm³/mol. The third kappa shape index (κ3) is 6.40. The average Bonchev–Trinajstić information content (AvgIpc) is 2.47. The Morgan fingerprint density at radius 1 is 0.857 bits per heavy atom. The lowest BCUT2D eigenvalue weighted by molar-refractivity contribution is 0.0452. The second-order valence-corrected chi connectivity index (χ2v) is 4.52. The number of esters is 2. The first kappa shape index (κ1) is 19.1. The lowest BCUT2D eigenvalue weighted by Crippen LogP contribution is -2.14. The van der Waals surface area contributed by atoms with E-state index in [9.17, 15) is 9.59 Å². The van der Waals surface area contributed by atoms with Crippen LogP contribution in [0.25, 0.3) is 0 Å². The van der Waals surface area contributed by atoms with Gasteiger partial charge in [0.2, 0.25) is 0 Å². The van der Waals surface area contributed by atoms with E-state index in [0.717, 1.165) is 25.7 Å². The number of carbonyl (C=O) groups excluding carboxylic acids is 2. The predicted octanol–water partition coefficient (Wildman–Crippen LogP) is 3.12. The van der Waals surface area contributed by atoms with Crippen LogP contribution in [-0.2, 0) is 9.47 Å². The van der Waals surface area contributed by atoms with Gasteiger partial charge in [0, 0.05) is 6.15 Å². The maximum Gasteiger partial charge on any atom is 0.339 e. The van der Waals surface area contributed by atoms with E-state index < -0.39 is 11.9 Å².